The van der Waals surface area contributed by atoms with Crippen molar-refractivity contribution in [3.05, 3.63) is 68.0 Å². The topological polar surface area (TPSA) is 106 Å². The van der Waals surface area contributed by atoms with Gasteiger partial charge in [0.2, 0.25) is 5.91 Å². The molecule has 8 nitrogen and oxygen atoms in total. The molecule has 0 bridgehead atoms. The molecule has 31 heavy (non-hydrogen) atoms. The molecule has 0 aliphatic heterocycles. The largest absolute Gasteiger partial charge is 0.321 e. The maximum Gasteiger partial charge on any atom is 0.266 e. The second kappa shape index (κ2) is 8.40. The van der Waals surface area contributed by atoms with Crippen LogP contribution in [0.2, 0.25) is 0 Å². The molecule has 0 unspecified atom stereocenters. The summed E-state index contributed by atoms with van der Waals surface area (Å²) in [7, 11) is 0. The fraction of sp³-hybridized carbons (Fsp3) is 0.190. The molecule has 3 aromatic heterocycles. The average molecular weight is 454 g/mol. The normalized spacial score (nSPS) is 10.9. The Labute approximate surface area is 185 Å². The van der Waals surface area contributed by atoms with Gasteiger partial charge < -0.3 is 10.6 Å². The highest BCUT2D eigenvalue weighted by atomic mass is 32.1. The van der Waals surface area contributed by atoms with E-state index >= 15 is 0 Å². The molecule has 158 valence electrons. The predicted molar refractivity (Wildman–Crippen MR) is 123 cm³/mol. The van der Waals surface area contributed by atoms with Crippen LogP contribution in [0.5, 0.6) is 0 Å². The SMILES string of the molecule is Cc1ccc(NC(=O)c2sc3ncn(CC(=O)Nc4nccs4)c(=O)c3c2C)c(C)c1. The first kappa shape index (κ1) is 20.9. The van der Waals surface area contributed by atoms with E-state index in [0.717, 1.165) is 28.2 Å². The lowest BCUT2D eigenvalue weighted by Crippen LogP contribution is -2.27. The number of thiazole rings is 1. The molecule has 0 fully saturated rings. The first-order chi connectivity index (χ1) is 14.8. The highest BCUT2D eigenvalue weighted by Crippen LogP contribution is 2.28. The van der Waals surface area contributed by atoms with Gasteiger partial charge in [0.25, 0.3) is 11.5 Å². The molecular formula is C21H19N5O3S2. The first-order valence-electron chi connectivity index (χ1n) is 9.40. The Balaban J connectivity index is 1.61. The summed E-state index contributed by atoms with van der Waals surface area (Å²) in [5, 5.41) is 8.11. The molecule has 0 aliphatic rings. The molecule has 4 rings (SSSR count). The zero-order valence-electron chi connectivity index (χ0n) is 17.1. The summed E-state index contributed by atoms with van der Waals surface area (Å²) in [5.74, 6) is -0.668. The van der Waals surface area contributed by atoms with Gasteiger partial charge >= 0.3 is 0 Å². The van der Waals surface area contributed by atoms with Gasteiger partial charge in [0.15, 0.2) is 5.13 Å². The van der Waals surface area contributed by atoms with Crippen LogP contribution in [0.25, 0.3) is 10.2 Å². The number of carbonyl (C=O) groups is 2. The Morgan fingerprint density at radius 3 is 2.65 bits per heavy atom. The van der Waals surface area contributed by atoms with Gasteiger partial charge in [0.1, 0.15) is 11.4 Å². The number of aromatic nitrogens is 3. The van der Waals surface area contributed by atoms with E-state index in [1.54, 1.807) is 18.5 Å². The standard InChI is InChI=1S/C21H19N5O3S2/c1-11-4-5-14(12(2)8-11)24-18(28)17-13(3)16-19(31-17)23-10-26(20(16)29)9-15(27)25-21-22-6-7-30-21/h4-8,10H,9H2,1-3H3,(H,24,28)(H,22,25,27). The molecular weight excluding hydrogens is 434 g/mol. The predicted octanol–water partition coefficient (Wildman–Crippen LogP) is 3.73. The third-order valence-corrected chi connectivity index (χ3v) is 6.63. The third kappa shape index (κ3) is 4.25. The maximum absolute atomic E-state index is 13.0. The van der Waals surface area contributed by atoms with Crippen LogP contribution in [0.1, 0.15) is 26.4 Å². The summed E-state index contributed by atoms with van der Waals surface area (Å²) >= 11 is 2.45. The highest BCUT2D eigenvalue weighted by molar-refractivity contribution is 7.20. The van der Waals surface area contributed by atoms with Crippen molar-refractivity contribution >= 4 is 55.5 Å². The minimum atomic E-state index is -0.376. The number of rotatable bonds is 5. The van der Waals surface area contributed by atoms with Crippen molar-refractivity contribution in [2.45, 2.75) is 27.3 Å². The number of benzene rings is 1. The van der Waals surface area contributed by atoms with Crippen LogP contribution in [0.15, 0.2) is 40.9 Å². The van der Waals surface area contributed by atoms with E-state index in [-0.39, 0.29) is 23.9 Å². The fourth-order valence-electron chi connectivity index (χ4n) is 3.22. The Bertz CT molecular complexity index is 1360. The average Bonchev–Trinajstić information content (AvgIpc) is 3.34. The van der Waals surface area contributed by atoms with E-state index in [1.165, 1.54) is 22.2 Å². The number of nitrogens with zero attached hydrogens (tertiary/aromatic N) is 3. The molecule has 0 spiro atoms. The van der Waals surface area contributed by atoms with Crippen molar-refractivity contribution < 1.29 is 9.59 Å². The van der Waals surface area contributed by atoms with Gasteiger partial charge in [0.05, 0.1) is 16.6 Å². The Morgan fingerprint density at radius 2 is 1.94 bits per heavy atom. The molecule has 2 amide bonds. The molecule has 0 saturated carbocycles. The Hall–Kier alpha value is -3.37. The van der Waals surface area contributed by atoms with Crippen molar-refractivity contribution in [3.63, 3.8) is 0 Å². The number of amides is 2. The van der Waals surface area contributed by atoms with Gasteiger partial charge in [-0.15, -0.1) is 22.7 Å². The molecule has 0 saturated heterocycles. The van der Waals surface area contributed by atoms with Gasteiger partial charge in [0, 0.05) is 17.3 Å². The second-order valence-electron chi connectivity index (χ2n) is 7.07. The van der Waals surface area contributed by atoms with Crippen LogP contribution < -0.4 is 16.2 Å². The van der Waals surface area contributed by atoms with E-state index in [9.17, 15) is 14.4 Å². The monoisotopic (exact) mass is 453 g/mol. The number of hydrogen-bond donors (Lipinski definition) is 2. The lowest BCUT2D eigenvalue weighted by molar-refractivity contribution is -0.116. The van der Waals surface area contributed by atoms with Crippen LogP contribution in [-0.2, 0) is 11.3 Å². The van der Waals surface area contributed by atoms with Crippen LogP contribution >= 0.6 is 22.7 Å². The van der Waals surface area contributed by atoms with Crippen molar-refractivity contribution in [1.29, 1.82) is 0 Å². The summed E-state index contributed by atoms with van der Waals surface area (Å²) in [4.78, 5) is 47.3. The van der Waals surface area contributed by atoms with Crippen molar-refractivity contribution in [1.82, 2.24) is 14.5 Å². The van der Waals surface area contributed by atoms with Crippen molar-refractivity contribution in [2.24, 2.45) is 0 Å². The van der Waals surface area contributed by atoms with Gasteiger partial charge in [-0.3, -0.25) is 19.0 Å². The minimum Gasteiger partial charge on any atom is -0.321 e. The Morgan fingerprint density at radius 1 is 1.13 bits per heavy atom. The minimum absolute atomic E-state index is 0.194. The smallest absolute Gasteiger partial charge is 0.266 e. The van der Waals surface area contributed by atoms with E-state index in [2.05, 4.69) is 20.6 Å². The van der Waals surface area contributed by atoms with Gasteiger partial charge in [-0.1, -0.05) is 17.7 Å². The third-order valence-electron chi connectivity index (χ3n) is 4.75. The summed E-state index contributed by atoms with van der Waals surface area (Å²) in [6.45, 7) is 5.44. The molecule has 2 N–H and O–H groups in total. The number of thiophene rings is 1. The van der Waals surface area contributed by atoms with Gasteiger partial charge in [-0.25, -0.2) is 9.97 Å². The Kier molecular flexibility index (Phi) is 5.66. The summed E-state index contributed by atoms with van der Waals surface area (Å²) in [5.41, 5.74) is 2.97. The van der Waals surface area contributed by atoms with E-state index in [4.69, 9.17) is 0 Å². The summed E-state index contributed by atoms with van der Waals surface area (Å²) in [6, 6.07) is 5.78. The molecule has 1 aromatic carbocycles. The number of carbonyl (C=O) groups excluding carboxylic acids is 2. The summed E-state index contributed by atoms with van der Waals surface area (Å²) < 4.78 is 1.23. The molecule has 3 heterocycles. The van der Waals surface area contributed by atoms with Crippen LogP contribution in [0, 0.1) is 20.8 Å². The summed E-state index contributed by atoms with van der Waals surface area (Å²) in [6.07, 6.45) is 2.91. The zero-order valence-corrected chi connectivity index (χ0v) is 18.7. The molecule has 4 aromatic rings. The van der Waals surface area contributed by atoms with E-state index in [1.807, 2.05) is 32.0 Å². The zero-order chi connectivity index (χ0) is 22.1. The number of fused-ring (bicyclic) bond motifs is 1. The number of hydrogen-bond acceptors (Lipinski definition) is 7. The second-order valence-corrected chi connectivity index (χ2v) is 8.97. The lowest BCUT2D eigenvalue weighted by atomic mass is 10.1. The van der Waals surface area contributed by atoms with Crippen LogP contribution in [0.4, 0.5) is 10.8 Å². The fourth-order valence-corrected chi connectivity index (χ4v) is 4.80. The van der Waals surface area contributed by atoms with Gasteiger partial charge in [-0.05, 0) is 38.0 Å². The lowest BCUT2D eigenvalue weighted by Gasteiger charge is -2.08. The molecule has 0 atom stereocenters. The maximum atomic E-state index is 13.0. The van der Waals surface area contributed by atoms with E-state index < -0.39 is 0 Å². The quantitative estimate of drug-likeness (QED) is 0.479. The highest BCUT2D eigenvalue weighted by Gasteiger charge is 2.20. The molecule has 10 heteroatoms. The van der Waals surface area contributed by atoms with Crippen molar-refractivity contribution in [3.8, 4) is 0 Å². The van der Waals surface area contributed by atoms with Gasteiger partial charge in [-0.2, -0.15) is 0 Å². The van der Waals surface area contributed by atoms with Crippen LogP contribution in [-0.4, -0.2) is 26.3 Å². The number of aryl methyl sites for hydroxylation is 3. The van der Waals surface area contributed by atoms with E-state index in [0.29, 0.717) is 25.8 Å². The van der Waals surface area contributed by atoms with Crippen molar-refractivity contribution in [2.75, 3.05) is 10.6 Å². The number of nitrogens with one attached hydrogen (secondary N) is 2. The molecule has 0 aliphatic carbocycles. The molecule has 0 radical (unpaired) electrons. The number of anilines is 2. The first-order valence-corrected chi connectivity index (χ1v) is 11.1. The van der Waals surface area contributed by atoms with Crippen LogP contribution in [0.3, 0.4) is 0 Å².